The number of rotatable bonds is 9. The SMILES string of the molecule is CCCCCOc1ccc(C2c3c(oc4ccccc4c3=O)C(=O)N2c2nc(C)c(C(=O)OCC)s2)cc1. The van der Waals surface area contributed by atoms with Crippen molar-refractivity contribution in [1.29, 1.82) is 0 Å². The number of ether oxygens (including phenoxy) is 2. The van der Waals surface area contributed by atoms with E-state index in [4.69, 9.17) is 13.9 Å². The number of carbonyl (C=O) groups excluding carboxylic acids is 2. The minimum Gasteiger partial charge on any atom is -0.494 e. The van der Waals surface area contributed by atoms with Crippen molar-refractivity contribution in [1.82, 2.24) is 4.98 Å². The van der Waals surface area contributed by atoms with Crippen molar-refractivity contribution in [2.45, 2.75) is 46.1 Å². The predicted octanol–water partition coefficient (Wildman–Crippen LogP) is 6.05. The van der Waals surface area contributed by atoms with Gasteiger partial charge >= 0.3 is 5.97 Å². The number of nitrogens with zero attached hydrogens (tertiary/aromatic N) is 2. The number of anilines is 1. The minimum atomic E-state index is -0.784. The van der Waals surface area contributed by atoms with Crippen LogP contribution in [0.1, 0.15) is 76.2 Å². The second kappa shape index (κ2) is 10.8. The molecule has 4 aromatic rings. The largest absolute Gasteiger partial charge is 0.494 e. The van der Waals surface area contributed by atoms with Gasteiger partial charge in [0.25, 0.3) is 5.91 Å². The van der Waals surface area contributed by atoms with E-state index in [9.17, 15) is 14.4 Å². The Balaban J connectivity index is 1.61. The van der Waals surface area contributed by atoms with Crippen molar-refractivity contribution in [3.05, 3.63) is 86.2 Å². The van der Waals surface area contributed by atoms with E-state index in [0.717, 1.165) is 30.6 Å². The number of hydrogen-bond donors (Lipinski definition) is 0. The van der Waals surface area contributed by atoms with Crippen LogP contribution in [0.3, 0.4) is 0 Å². The zero-order chi connectivity index (χ0) is 26.8. The highest BCUT2D eigenvalue weighted by Crippen LogP contribution is 2.43. The van der Waals surface area contributed by atoms with Crippen LogP contribution in [-0.4, -0.2) is 30.1 Å². The van der Waals surface area contributed by atoms with Crippen LogP contribution in [0, 0.1) is 6.92 Å². The van der Waals surface area contributed by atoms with Crippen molar-refractivity contribution in [3.63, 3.8) is 0 Å². The van der Waals surface area contributed by atoms with Crippen molar-refractivity contribution in [3.8, 4) is 5.75 Å². The summed E-state index contributed by atoms with van der Waals surface area (Å²) in [4.78, 5) is 46.3. The first-order valence-electron chi connectivity index (χ1n) is 12.7. The molecule has 0 fully saturated rings. The second-order valence-corrected chi connectivity index (χ2v) is 9.98. The fraction of sp³-hybridized carbons (Fsp3) is 0.310. The lowest BCUT2D eigenvalue weighted by molar-refractivity contribution is 0.0531. The number of esters is 1. The van der Waals surface area contributed by atoms with E-state index in [-0.39, 0.29) is 28.5 Å². The summed E-state index contributed by atoms with van der Waals surface area (Å²) in [5.41, 5.74) is 1.46. The molecule has 0 radical (unpaired) electrons. The molecule has 0 aliphatic carbocycles. The summed E-state index contributed by atoms with van der Waals surface area (Å²) in [6, 6.07) is 13.4. The molecule has 1 atom stereocenters. The quantitative estimate of drug-likeness (QED) is 0.191. The average molecular weight is 533 g/mol. The fourth-order valence-corrected chi connectivity index (χ4v) is 5.58. The predicted molar refractivity (Wildman–Crippen MR) is 145 cm³/mol. The van der Waals surface area contributed by atoms with Crippen LogP contribution in [0.25, 0.3) is 11.0 Å². The molecule has 9 heteroatoms. The number of thiazole rings is 1. The summed E-state index contributed by atoms with van der Waals surface area (Å²) in [7, 11) is 0. The Labute approximate surface area is 223 Å². The van der Waals surface area contributed by atoms with Gasteiger partial charge in [0, 0.05) is 0 Å². The number of carbonyl (C=O) groups is 2. The number of fused-ring (bicyclic) bond motifs is 2. The van der Waals surface area contributed by atoms with Gasteiger partial charge in [-0.25, -0.2) is 9.78 Å². The van der Waals surface area contributed by atoms with Crippen LogP contribution in [-0.2, 0) is 4.74 Å². The van der Waals surface area contributed by atoms with Gasteiger partial charge < -0.3 is 13.9 Å². The van der Waals surface area contributed by atoms with Crippen molar-refractivity contribution < 1.29 is 23.5 Å². The van der Waals surface area contributed by atoms with Gasteiger partial charge in [-0.1, -0.05) is 55.4 Å². The first kappa shape index (κ1) is 25.7. The van der Waals surface area contributed by atoms with Gasteiger partial charge in [-0.05, 0) is 50.1 Å². The Kier molecular flexibility index (Phi) is 7.28. The van der Waals surface area contributed by atoms with E-state index in [2.05, 4.69) is 11.9 Å². The van der Waals surface area contributed by atoms with E-state index in [1.165, 1.54) is 4.90 Å². The van der Waals surface area contributed by atoms with Gasteiger partial charge in [0.15, 0.2) is 10.6 Å². The summed E-state index contributed by atoms with van der Waals surface area (Å²) in [6.45, 7) is 6.40. The Morgan fingerprint density at radius 3 is 2.58 bits per heavy atom. The number of hydrogen-bond acceptors (Lipinski definition) is 8. The maximum Gasteiger partial charge on any atom is 0.350 e. The smallest absolute Gasteiger partial charge is 0.350 e. The third-order valence-corrected chi connectivity index (χ3v) is 7.58. The first-order chi connectivity index (χ1) is 18.4. The number of aryl methyl sites for hydroxylation is 1. The van der Waals surface area contributed by atoms with Crippen LogP contribution in [0.2, 0.25) is 0 Å². The fourth-order valence-electron chi connectivity index (χ4n) is 4.59. The summed E-state index contributed by atoms with van der Waals surface area (Å²) >= 11 is 1.06. The summed E-state index contributed by atoms with van der Waals surface area (Å²) in [6.07, 6.45) is 3.17. The Morgan fingerprint density at radius 2 is 1.84 bits per heavy atom. The molecule has 0 bridgehead atoms. The van der Waals surface area contributed by atoms with Gasteiger partial charge in [0.1, 0.15) is 16.2 Å². The lowest BCUT2D eigenvalue weighted by Gasteiger charge is -2.22. The molecule has 38 heavy (non-hydrogen) atoms. The molecule has 1 amide bonds. The lowest BCUT2D eigenvalue weighted by atomic mass is 9.98. The average Bonchev–Trinajstić information content (AvgIpc) is 3.44. The van der Waals surface area contributed by atoms with Crippen molar-refractivity contribution in [2.24, 2.45) is 0 Å². The van der Waals surface area contributed by atoms with Gasteiger partial charge in [0.05, 0.1) is 35.9 Å². The van der Waals surface area contributed by atoms with Crippen LogP contribution in [0.4, 0.5) is 5.13 Å². The zero-order valence-corrected chi connectivity index (χ0v) is 22.3. The summed E-state index contributed by atoms with van der Waals surface area (Å²) in [5, 5.41) is 0.680. The topological polar surface area (TPSA) is 98.9 Å². The van der Waals surface area contributed by atoms with Crippen molar-refractivity contribution in [2.75, 3.05) is 18.1 Å². The van der Waals surface area contributed by atoms with Crippen LogP contribution in [0.5, 0.6) is 5.75 Å². The molecule has 0 saturated heterocycles. The molecular formula is C29H28N2O6S. The Morgan fingerprint density at radius 1 is 1.08 bits per heavy atom. The van der Waals surface area contributed by atoms with Crippen molar-refractivity contribution >= 4 is 39.3 Å². The highest BCUT2D eigenvalue weighted by Gasteiger charge is 2.45. The monoisotopic (exact) mass is 532 g/mol. The lowest BCUT2D eigenvalue weighted by Crippen LogP contribution is -2.29. The Hall–Kier alpha value is -3.98. The summed E-state index contributed by atoms with van der Waals surface area (Å²) < 4.78 is 17.0. The molecular weight excluding hydrogens is 504 g/mol. The van der Waals surface area contributed by atoms with Gasteiger partial charge in [-0.2, -0.15) is 0 Å². The third-order valence-electron chi connectivity index (χ3n) is 6.44. The molecule has 5 rings (SSSR count). The zero-order valence-electron chi connectivity index (χ0n) is 21.5. The van der Waals surface area contributed by atoms with Crippen LogP contribution in [0.15, 0.2) is 57.7 Å². The number of amides is 1. The molecule has 2 aromatic carbocycles. The maximum absolute atomic E-state index is 13.8. The number of aromatic nitrogens is 1. The number of para-hydroxylation sites is 1. The maximum atomic E-state index is 13.8. The number of benzene rings is 2. The van der Waals surface area contributed by atoms with E-state index < -0.39 is 17.9 Å². The van der Waals surface area contributed by atoms with Crippen LogP contribution >= 0.6 is 11.3 Å². The van der Waals surface area contributed by atoms with Gasteiger partial charge in [-0.15, -0.1) is 0 Å². The van der Waals surface area contributed by atoms with Gasteiger partial charge in [0.2, 0.25) is 5.76 Å². The Bertz CT molecular complexity index is 1560. The molecule has 1 unspecified atom stereocenters. The van der Waals surface area contributed by atoms with E-state index >= 15 is 0 Å². The van der Waals surface area contributed by atoms with E-state index in [0.29, 0.717) is 39.5 Å². The van der Waals surface area contributed by atoms with Crippen LogP contribution < -0.4 is 15.1 Å². The van der Waals surface area contributed by atoms with E-state index in [1.807, 2.05) is 24.3 Å². The molecule has 0 N–H and O–H groups in total. The highest BCUT2D eigenvalue weighted by atomic mass is 32.1. The molecule has 196 valence electrons. The van der Waals surface area contributed by atoms with Gasteiger partial charge in [-0.3, -0.25) is 14.5 Å². The molecule has 0 spiro atoms. The molecule has 1 aliphatic rings. The molecule has 3 heterocycles. The molecule has 8 nitrogen and oxygen atoms in total. The van der Waals surface area contributed by atoms with E-state index in [1.54, 1.807) is 38.1 Å². The standard InChI is InChI=1S/C29H28N2O6S/c1-4-6-9-16-36-19-14-12-18(13-15-19)23-22-24(32)20-10-7-8-11-21(20)37-25(22)27(33)31(23)29-30-17(3)26(38-29)28(34)35-5-2/h7-8,10-15,23H,4-6,9,16H2,1-3H3. The molecule has 2 aromatic heterocycles. The molecule has 0 saturated carbocycles. The number of unbranched alkanes of at least 4 members (excludes halogenated alkanes) is 2. The first-order valence-corrected chi connectivity index (χ1v) is 13.5. The normalized spacial score (nSPS) is 14.7. The second-order valence-electron chi connectivity index (χ2n) is 9.00. The third kappa shape index (κ3) is 4.58. The molecule has 1 aliphatic heterocycles. The highest BCUT2D eigenvalue weighted by molar-refractivity contribution is 7.17. The minimum absolute atomic E-state index is 0.0240. The summed E-state index contributed by atoms with van der Waals surface area (Å²) in [5.74, 6) is -0.304.